The number of rotatable bonds is 3. The van der Waals surface area contributed by atoms with Crippen LogP contribution in [0.25, 0.3) is 0 Å². The van der Waals surface area contributed by atoms with Crippen LogP contribution in [0.1, 0.15) is 11.4 Å². The van der Waals surface area contributed by atoms with Gasteiger partial charge in [-0.3, -0.25) is 0 Å². The summed E-state index contributed by atoms with van der Waals surface area (Å²) in [6, 6.07) is 8.98. The first-order valence-electron chi connectivity index (χ1n) is 7.94. The summed E-state index contributed by atoms with van der Waals surface area (Å²) in [5.41, 5.74) is 2.86. The fourth-order valence-electron chi connectivity index (χ4n) is 2.58. The number of ether oxygens (including phenoxy) is 1. The Kier molecular flexibility index (Phi) is 4.90. The molecule has 2 amide bonds. The second-order valence-corrected chi connectivity index (χ2v) is 5.61. The molecule has 7 heteroatoms. The van der Waals surface area contributed by atoms with Crippen LogP contribution in [0.3, 0.4) is 0 Å². The van der Waals surface area contributed by atoms with Crippen molar-refractivity contribution in [2.75, 3.05) is 41.8 Å². The van der Waals surface area contributed by atoms with Gasteiger partial charge in [-0.1, -0.05) is 18.2 Å². The van der Waals surface area contributed by atoms with Crippen LogP contribution in [0.5, 0.6) is 0 Å². The minimum atomic E-state index is -0.310. The van der Waals surface area contributed by atoms with E-state index in [9.17, 15) is 4.79 Å². The molecule has 7 nitrogen and oxygen atoms in total. The molecular formula is C17H21N5O2. The summed E-state index contributed by atoms with van der Waals surface area (Å²) >= 11 is 0. The van der Waals surface area contributed by atoms with E-state index >= 15 is 0 Å². The van der Waals surface area contributed by atoms with Gasteiger partial charge in [0.2, 0.25) is 5.95 Å². The van der Waals surface area contributed by atoms with E-state index in [0.29, 0.717) is 24.8 Å². The van der Waals surface area contributed by atoms with Gasteiger partial charge in [0.15, 0.2) is 0 Å². The summed E-state index contributed by atoms with van der Waals surface area (Å²) in [5, 5.41) is 5.63. The summed E-state index contributed by atoms with van der Waals surface area (Å²) in [5.74, 6) is 0.683. The molecule has 2 heterocycles. The van der Waals surface area contributed by atoms with E-state index in [2.05, 4.69) is 25.5 Å². The molecule has 0 bridgehead atoms. The first-order valence-corrected chi connectivity index (χ1v) is 7.94. The molecule has 3 rings (SSSR count). The lowest BCUT2D eigenvalue weighted by Gasteiger charge is -2.27. The zero-order valence-corrected chi connectivity index (χ0v) is 13.9. The van der Waals surface area contributed by atoms with E-state index in [4.69, 9.17) is 4.74 Å². The van der Waals surface area contributed by atoms with Gasteiger partial charge in [-0.05, 0) is 26.0 Å². The Morgan fingerprint density at radius 2 is 1.67 bits per heavy atom. The van der Waals surface area contributed by atoms with E-state index in [1.807, 2.05) is 44.2 Å². The summed E-state index contributed by atoms with van der Waals surface area (Å²) in [4.78, 5) is 23.3. The van der Waals surface area contributed by atoms with Crippen molar-refractivity contribution < 1.29 is 9.53 Å². The topological polar surface area (TPSA) is 79.4 Å². The van der Waals surface area contributed by atoms with Crippen LogP contribution >= 0.6 is 0 Å². The Bertz CT molecular complexity index is 691. The van der Waals surface area contributed by atoms with Crippen molar-refractivity contribution in [2.24, 2.45) is 0 Å². The highest BCUT2D eigenvalue weighted by atomic mass is 16.5. The number of aromatic nitrogens is 2. The Labute approximate surface area is 141 Å². The maximum Gasteiger partial charge on any atom is 0.323 e. The molecule has 2 aromatic rings. The summed E-state index contributed by atoms with van der Waals surface area (Å²) in [6.07, 6.45) is 0. The molecule has 1 saturated heterocycles. The van der Waals surface area contributed by atoms with Gasteiger partial charge < -0.3 is 20.3 Å². The smallest absolute Gasteiger partial charge is 0.323 e. The number of carbonyl (C=O) groups is 1. The molecule has 0 unspecified atom stereocenters. The number of para-hydroxylation sites is 1. The predicted molar refractivity (Wildman–Crippen MR) is 93.6 cm³/mol. The van der Waals surface area contributed by atoms with Crippen LogP contribution in [0.4, 0.5) is 22.1 Å². The third-order valence-electron chi connectivity index (χ3n) is 3.82. The van der Waals surface area contributed by atoms with Crippen LogP contribution in [0, 0.1) is 13.8 Å². The van der Waals surface area contributed by atoms with Crippen molar-refractivity contribution >= 4 is 23.4 Å². The summed E-state index contributed by atoms with van der Waals surface area (Å²) in [6.45, 7) is 6.66. The SMILES string of the molecule is Cc1nc(N2CCOCC2)nc(C)c1NC(=O)Nc1ccccc1. The first-order chi connectivity index (χ1) is 11.6. The fourth-order valence-corrected chi connectivity index (χ4v) is 2.58. The number of benzene rings is 1. The van der Waals surface area contributed by atoms with E-state index in [1.165, 1.54) is 0 Å². The quantitative estimate of drug-likeness (QED) is 0.906. The maximum atomic E-state index is 12.2. The normalized spacial score (nSPS) is 14.3. The van der Waals surface area contributed by atoms with Crippen LogP contribution in [0.15, 0.2) is 30.3 Å². The number of nitrogens with zero attached hydrogens (tertiary/aromatic N) is 3. The zero-order chi connectivity index (χ0) is 16.9. The van der Waals surface area contributed by atoms with Gasteiger partial charge in [0.05, 0.1) is 30.3 Å². The highest BCUT2D eigenvalue weighted by molar-refractivity contribution is 6.00. The molecule has 0 atom stereocenters. The lowest BCUT2D eigenvalue weighted by atomic mass is 10.3. The van der Waals surface area contributed by atoms with E-state index in [0.717, 1.165) is 30.2 Å². The molecule has 0 aliphatic carbocycles. The van der Waals surface area contributed by atoms with Crippen molar-refractivity contribution in [3.8, 4) is 0 Å². The molecule has 126 valence electrons. The Balaban J connectivity index is 1.72. The van der Waals surface area contributed by atoms with Crippen LogP contribution in [-0.2, 0) is 4.74 Å². The molecule has 0 spiro atoms. The molecule has 2 N–H and O–H groups in total. The van der Waals surface area contributed by atoms with Gasteiger partial charge in [-0.2, -0.15) is 0 Å². The molecule has 1 aromatic heterocycles. The molecule has 0 saturated carbocycles. The van der Waals surface area contributed by atoms with Gasteiger partial charge in [-0.15, -0.1) is 0 Å². The molecule has 1 aromatic carbocycles. The number of anilines is 3. The number of hydrogen-bond donors (Lipinski definition) is 2. The molecule has 0 radical (unpaired) electrons. The Morgan fingerprint density at radius 1 is 1.04 bits per heavy atom. The van der Waals surface area contributed by atoms with E-state index < -0.39 is 0 Å². The third kappa shape index (κ3) is 3.80. The fraction of sp³-hybridized carbons (Fsp3) is 0.353. The molecule has 1 aliphatic heterocycles. The molecular weight excluding hydrogens is 306 g/mol. The number of urea groups is 1. The molecule has 24 heavy (non-hydrogen) atoms. The number of hydrogen-bond acceptors (Lipinski definition) is 5. The molecule has 1 aliphatic rings. The largest absolute Gasteiger partial charge is 0.378 e. The van der Waals surface area contributed by atoms with Gasteiger partial charge in [0.1, 0.15) is 0 Å². The van der Waals surface area contributed by atoms with Gasteiger partial charge in [0.25, 0.3) is 0 Å². The second kappa shape index (κ2) is 7.27. The number of amides is 2. The number of nitrogens with one attached hydrogen (secondary N) is 2. The average molecular weight is 327 g/mol. The van der Waals surface area contributed by atoms with Crippen molar-refractivity contribution in [2.45, 2.75) is 13.8 Å². The number of aryl methyl sites for hydroxylation is 2. The highest BCUT2D eigenvalue weighted by Crippen LogP contribution is 2.21. The van der Waals surface area contributed by atoms with Crippen LogP contribution in [0.2, 0.25) is 0 Å². The Hall–Kier alpha value is -2.67. The third-order valence-corrected chi connectivity index (χ3v) is 3.82. The number of morpholine rings is 1. The van der Waals surface area contributed by atoms with Gasteiger partial charge in [-0.25, -0.2) is 14.8 Å². The van der Waals surface area contributed by atoms with Crippen LogP contribution in [-0.4, -0.2) is 42.3 Å². The summed E-state index contributed by atoms with van der Waals surface area (Å²) < 4.78 is 5.35. The summed E-state index contributed by atoms with van der Waals surface area (Å²) in [7, 11) is 0. The van der Waals surface area contributed by atoms with Crippen LogP contribution < -0.4 is 15.5 Å². The molecule has 1 fully saturated rings. The standard InChI is InChI=1S/C17H21N5O2/c1-12-15(21-17(23)20-14-6-4-3-5-7-14)13(2)19-16(18-12)22-8-10-24-11-9-22/h3-7H,8-11H2,1-2H3,(H2,20,21,23). The zero-order valence-electron chi connectivity index (χ0n) is 13.9. The lowest BCUT2D eigenvalue weighted by Crippen LogP contribution is -2.37. The average Bonchev–Trinajstić information content (AvgIpc) is 2.59. The van der Waals surface area contributed by atoms with Crippen molar-refractivity contribution in [3.63, 3.8) is 0 Å². The minimum Gasteiger partial charge on any atom is -0.378 e. The highest BCUT2D eigenvalue weighted by Gasteiger charge is 2.17. The lowest BCUT2D eigenvalue weighted by molar-refractivity contribution is 0.122. The minimum absolute atomic E-state index is 0.310. The van der Waals surface area contributed by atoms with Crippen molar-refractivity contribution in [1.82, 2.24) is 9.97 Å². The maximum absolute atomic E-state index is 12.2. The van der Waals surface area contributed by atoms with Crippen molar-refractivity contribution in [1.29, 1.82) is 0 Å². The monoisotopic (exact) mass is 327 g/mol. The number of carbonyl (C=O) groups excluding carboxylic acids is 1. The van der Waals surface area contributed by atoms with Crippen molar-refractivity contribution in [3.05, 3.63) is 41.7 Å². The van der Waals surface area contributed by atoms with Gasteiger partial charge >= 0.3 is 6.03 Å². The van der Waals surface area contributed by atoms with E-state index in [1.54, 1.807) is 0 Å². The first kappa shape index (κ1) is 16.2. The van der Waals surface area contributed by atoms with Gasteiger partial charge in [0, 0.05) is 18.8 Å². The van der Waals surface area contributed by atoms with E-state index in [-0.39, 0.29) is 6.03 Å². The second-order valence-electron chi connectivity index (χ2n) is 5.61. The predicted octanol–water partition coefficient (Wildman–Crippen LogP) is 2.57. The Morgan fingerprint density at radius 3 is 2.29 bits per heavy atom.